The zero-order chi connectivity index (χ0) is 22.9. The van der Waals surface area contributed by atoms with Gasteiger partial charge < -0.3 is 14.3 Å². The van der Waals surface area contributed by atoms with Gasteiger partial charge in [-0.25, -0.2) is 4.39 Å². The molecule has 0 aliphatic rings. The molecule has 0 unspecified atom stereocenters. The molecule has 6 nitrogen and oxygen atoms in total. The maximum Gasteiger partial charge on any atom is 0.273 e. The van der Waals surface area contributed by atoms with E-state index >= 15 is 0 Å². The van der Waals surface area contributed by atoms with Gasteiger partial charge in [0.1, 0.15) is 11.6 Å². The number of amides is 1. The molecule has 0 aliphatic heterocycles. The van der Waals surface area contributed by atoms with Crippen molar-refractivity contribution in [3.8, 4) is 0 Å². The highest BCUT2D eigenvalue weighted by molar-refractivity contribution is 5.92. The van der Waals surface area contributed by atoms with E-state index in [1.165, 1.54) is 12.1 Å². The summed E-state index contributed by atoms with van der Waals surface area (Å²) in [4.78, 5) is 14.5. The van der Waals surface area contributed by atoms with Gasteiger partial charge in [0, 0.05) is 19.2 Å². The minimum atomic E-state index is -0.351. The summed E-state index contributed by atoms with van der Waals surface area (Å²) in [6.07, 6.45) is 5.78. The number of carbonyl (C=O) groups is 1. The van der Waals surface area contributed by atoms with Crippen LogP contribution in [-0.2, 0) is 19.6 Å². The minimum Gasteiger partial charge on any atom is -0.468 e. The second-order valence-corrected chi connectivity index (χ2v) is 7.55. The molecule has 0 spiro atoms. The summed E-state index contributed by atoms with van der Waals surface area (Å²) in [7, 11) is 0. The van der Waals surface area contributed by atoms with E-state index in [0.29, 0.717) is 25.4 Å². The van der Waals surface area contributed by atoms with Gasteiger partial charge >= 0.3 is 0 Å². The van der Waals surface area contributed by atoms with Crippen molar-refractivity contribution in [2.24, 2.45) is 0 Å². The number of nitrogens with one attached hydrogen (secondary N) is 1. The SMILES string of the molecule is O=C(NCc1ccc(F)cc1)c1cc(CN(CC=Cc2ccccc2)Cc2ccco2)on1. The fraction of sp³-hybridized carbons (Fsp3) is 0.154. The van der Waals surface area contributed by atoms with Crippen LogP contribution in [0.1, 0.15) is 33.1 Å². The standard InChI is InChI=1S/C26H24FN3O3/c27-22-12-10-21(11-13-22)17-28-26(31)25-16-24(33-29-25)19-30(18-23-9-5-15-32-23)14-4-8-20-6-2-1-3-7-20/h1-13,15-16H,14,17-19H2,(H,28,31). The molecule has 2 aromatic carbocycles. The Hall–Kier alpha value is -3.97. The summed E-state index contributed by atoms with van der Waals surface area (Å²) in [5.74, 6) is 0.737. The van der Waals surface area contributed by atoms with Gasteiger partial charge in [0.05, 0.1) is 19.4 Å². The van der Waals surface area contributed by atoms with E-state index in [9.17, 15) is 9.18 Å². The Balaban J connectivity index is 1.36. The highest BCUT2D eigenvalue weighted by atomic mass is 19.1. The highest BCUT2D eigenvalue weighted by Crippen LogP contribution is 2.13. The van der Waals surface area contributed by atoms with Crippen molar-refractivity contribution in [2.45, 2.75) is 19.6 Å². The summed E-state index contributed by atoms with van der Waals surface area (Å²) in [6.45, 7) is 1.97. The van der Waals surface area contributed by atoms with Crippen LogP contribution in [0.3, 0.4) is 0 Å². The fourth-order valence-corrected chi connectivity index (χ4v) is 3.30. The lowest BCUT2D eigenvalue weighted by atomic mass is 10.2. The smallest absolute Gasteiger partial charge is 0.273 e. The van der Waals surface area contributed by atoms with Gasteiger partial charge in [0.2, 0.25) is 0 Å². The first-order valence-corrected chi connectivity index (χ1v) is 10.6. The Morgan fingerprint density at radius 2 is 1.79 bits per heavy atom. The second-order valence-electron chi connectivity index (χ2n) is 7.55. The number of hydrogen-bond donors (Lipinski definition) is 1. The summed E-state index contributed by atoms with van der Waals surface area (Å²) in [5, 5.41) is 6.67. The molecule has 4 rings (SSSR count). The zero-order valence-corrected chi connectivity index (χ0v) is 18.0. The maximum absolute atomic E-state index is 13.0. The molecule has 1 N–H and O–H groups in total. The topological polar surface area (TPSA) is 71.5 Å². The number of rotatable bonds is 10. The van der Waals surface area contributed by atoms with Crippen molar-refractivity contribution in [1.29, 1.82) is 0 Å². The Labute approximate surface area is 191 Å². The number of nitrogens with zero attached hydrogens (tertiary/aromatic N) is 2. The van der Waals surface area contributed by atoms with Crippen LogP contribution < -0.4 is 5.32 Å². The molecule has 0 radical (unpaired) electrons. The number of aromatic nitrogens is 1. The van der Waals surface area contributed by atoms with E-state index in [2.05, 4.69) is 27.5 Å². The zero-order valence-electron chi connectivity index (χ0n) is 18.0. The molecule has 2 aromatic heterocycles. The average molecular weight is 445 g/mol. The van der Waals surface area contributed by atoms with E-state index in [1.807, 2.05) is 42.5 Å². The molecule has 7 heteroatoms. The van der Waals surface area contributed by atoms with Crippen LogP contribution in [-0.4, -0.2) is 22.5 Å². The summed E-state index contributed by atoms with van der Waals surface area (Å²) < 4.78 is 23.9. The third kappa shape index (κ3) is 6.75. The van der Waals surface area contributed by atoms with Gasteiger partial charge in [0.25, 0.3) is 5.91 Å². The molecule has 33 heavy (non-hydrogen) atoms. The number of hydrogen-bond acceptors (Lipinski definition) is 5. The van der Waals surface area contributed by atoms with Gasteiger partial charge in [-0.1, -0.05) is 59.8 Å². The van der Waals surface area contributed by atoms with Crippen molar-refractivity contribution < 1.29 is 18.1 Å². The monoisotopic (exact) mass is 445 g/mol. The molecule has 0 saturated carbocycles. The Bertz CT molecular complexity index is 1170. The largest absolute Gasteiger partial charge is 0.468 e. The molecular weight excluding hydrogens is 421 g/mol. The van der Waals surface area contributed by atoms with Crippen LogP contribution in [0.5, 0.6) is 0 Å². The quantitative estimate of drug-likeness (QED) is 0.370. The third-order valence-corrected chi connectivity index (χ3v) is 4.97. The molecular formula is C26H24FN3O3. The molecule has 1 amide bonds. The van der Waals surface area contributed by atoms with Crippen molar-refractivity contribution in [1.82, 2.24) is 15.4 Å². The minimum absolute atomic E-state index is 0.199. The van der Waals surface area contributed by atoms with E-state index in [1.54, 1.807) is 24.5 Å². The summed E-state index contributed by atoms with van der Waals surface area (Å²) >= 11 is 0. The molecule has 0 fully saturated rings. The summed E-state index contributed by atoms with van der Waals surface area (Å²) in [5.41, 5.74) is 2.11. The second kappa shape index (κ2) is 11.1. The van der Waals surface area contributed by atoms with E-state index in [-0.39, 0.29) is 24.0 Å². The third-order valence-electron chi connectivity index (χ3n) is 4.97. The first kappa shape index (κ1) is 22.2. The van der Waals surface area contributed by atoms with E-state index in [0.717, 1.165) is 16.9 Å². The van der Waals surface area contributed by atoms with Crippen molar-refractivity contribution in [3.05, 3.63) is 119 Å². The molecule has 4 aromatic rings. The first-order chi connectivity index (χ1) is 16.2. The lowest BCUT2D eigenvalue weighted by Crippen LogP contribution is -2.23. The Kier molecular flexibility index (Phi) is 7.45. The predicted octanol–water partition coefficient (Wildman–Crippen LogP) is 5.05. The van der Waals surface area contributed by atoms with Crippen LogP contribution in [0.25, 0.3) is 6.08 Å². The van der Waals surface area contributed by atoms with Crippen molar-refractivity contribution in [2.75, 3.05) is 6.54 Å². The van der Waals surface area contributed by atoms with Crippen LogP contribution >= 0.6 is 0 Å². The van der Waals surface area contributed by atoms with Crippen LogP contribution in [0.2, 0.25) is 0 Å². The predicted molar refractivity (Wildman–Crippen MR) is 122 cm³/mol. The maximum atomic E-state index is 13.0. The number of furan rings is 1. The number of halogens is 1. The van der Waals surface area contributed by atoms with E-state index < -0.39 is 0 Å². The molecule has 168 valence electrons. The van der Waals surface area contributed by atoms with Crippen LogP contribution in [0.15, 0.2) is 94.1 Å². The van der Waals surface area contributed by atoms with Crippen molar-refractivity contribution >= 4 is 12.0 Å². The molecule has 0 bridgehead atoms. The van der Waals surface area contributed by atoms with Crippen LogP contribution in [0, 0.1) is 5.82 Å². The van der Waals surface area contributed by atoms with Gasteiger partial charge in [-0.05, 0) is 35.4 Å². The van der Waals surface area contributed by atoms with Gasteiger partial charge in [-0.3, -0.25) is 9.69 Å². The van der Waals surface area contributed by atoms with Crippen molar-refractivity contribution in [3.63, 3.8) is 0 Å². The molecule has 2 heterocycles. The average Bonchev–Trinajstić information content (AvgIpc) is 3.52. The normalized spacial score (nSPS) is 11.3. The Morgan fingerprint density at radius 3 is 2.55 bits per heavy atom. The molecule has 0 aliphatic carbocycles. The van der Waals surface area contributed by atoms with Crippen LogP contribution in [0.4, 0.5) is 4.39 Å². The summed E-state index contributed by atoms with van der Waals surface area (Å²) in [6, 6.07) is 21.4. The number of carbonyl (C=O) groups excluding carboxylic acids is 1. The van der Waals surface area contributed by atoms with Gasteiger partial charge in [0.15, 0.2) is 11.5 Å². The lowest BCUT2D eigenvalue weighted by Gasteiger charge is -2.17. The van der Waals surface area contributed by atoms with Gasteiger partial charge in [-0.2, -0.15) is 0 Å². The fourth-order valence-electron chi connectivity index (χ4n) is 3.30. The van der Waals surface area contributed by atoms with E-state index in [4.69, 9.17) is 8.94 Å². The first-order valence-electron chi connectivity index (χ1n) is 10.6. The Morgan fingerprint density at radius 1 is 1.00 bits per heavy atom. The lowest BCUT2D eigenvalue weighted by molar-refractivity contribution is 0.0941. The highest BCUT2D eigenvalue weighted by Gasteiger charge is 2.15. The number of benzene rings is 2. The van der Waals surface area contributed by atoms with Gasteiger partial charge in [-0.15, -0.1) is 0 Å². The molecule has 0 atom stereocenters. The molecule has 0 saturated heterocycles.